The Morgan fingerprint density at radius 2 is 1.59 bits per heavy atom. The second-order valence-electron chi connectivity index (χ2n) is 10.5. The summed E-state index contributed by atoms with van der Waals surface area (Å²) in [5, 5.41) is 20.6. The number of carbonyl (C=O) groups is 3. The number of carboxylic acid groups (broad SMARTS) is 1. The maximum atomic E-state index is 12.9. The Labute approximate surface area is 257 Å². The maximum Gasteiger partial charge on any atom is 0.306 e. The zero-order valence-electron chi connectivity index (χ0n) is 25.4. The van der Waals surface area contributed by atoms with Gasteiger partial charge in [-0.15, -0.1) is 5.10 Å². The molecule has 0 bridgehead atoms. The average Bonchev–Trinajstić information content (AvgIpc) is 3.44. The Kier molecular flexibility index (Phi) is 12.4. The summed E-state index contributed by atoms with van der Waals surface area (Å²) in [6, 6.07) is 15.9. The van der Waals surface area contributed by atoms with Gasteiger partial charge < -0.3 is 29.5 Å². The first-order valence-corrected chi connectivity index (χ1v) is 15.0. The highest BCUT2D eigenvalue weighted by Crippen LogP contribution is 2.41. The van der Waals surface area contributed by atoms with Crippen molar-refractivity contribution in [1.29, 1.82) is 0 Å². The van der Waals surface area contributed by atoms with Gasteiger partial charge in [-0.25, -0.2) is 4.68 Å². The predicted molar refractivity (Wildman–Crippen MR) is 164 cm³/mol. The summed E-state index contributed by atoms with van der Waals surface area (Å²) in [5.41, 5.74) is 5.35. The van der Waals surface area contributed by atoms with E-state index in [2.05, 4.69) is 15.6 Å². The van der Waals surface area contributed by atoms with Crippen LogP contribution in [0.5, 0.6) is 0 Å². The molecule has 12 nitrogen and oxygen atoms in total. The Morgan fingerprint density at radius 1 is 0.932 bits per heavy atom. The molecule has 0 fully saturated rings. The number of carboxylic acids is 1. The minimum Gasteiger partial charge on any atom is -0.481 e. The summed E-state index contributed by atoms with van der Waals surface area (Å²) in [6.45, 7) is 7.16. The van der Waals surface area contributed by atoms with Gasteiger partial charge in [0.1, 0.15) is 5.69 Å². The fraction of sp³-hybridized carbons (Fsp3) is 0.469. The molecule has 1 aromatic heterocycles. The Hall–Kier alpha value is -4.13. The molecule has 0 aliphatic carbocycles. The fourth-order valence-corrected chi connectivity index (χ4v) is 4.90. The molecule has 0 spiro atoms. The minimum atomic E-state index is -0.900. The molecule has 2 aromatic carbocycles. The highest BCUT2D eigenvalue weighted by atomic mass is 16.5. The number of amides is 2. The van der Waals surface area contributed by atoms with Crippen LogP contribution in [-0.4, -0.2) is 84.1 Å². The Morgan fingerprint density at radius 3 is 2.32 bits per heavy atom. The minimum absolute atomic E-state index is 0.0511. The van der Waals surface area contributed by atoms with Crippen LogP contribution in [0, 0.1) is 5.92 Å². The van der Waals surface area contributed by atoms with Gasteiger partial charge in [-0.1, -0.05) is 61.5 Å². The summed E-state index contributed by atoms with van der Waals surface area (Å²) >= 11 is 0. The van der Waals surface area contributed by atoms with E-state index in [1.165, 1.54) is 0 Å². The van der Waals surface area contributed by atoms with Crippen molar-refractivity contribution in [2.75, 3.05) is 51.1 Å². The van der Waals surface area contributed by atoms with Crippen molar-refractivity contribution in [3.8, 4) is 22.5 Å². The van der Waals surface area contributed by atoms with Gasteiger partial charge in [0, 0.05) is 30.5 Å². The molecule has 2 heterocycles. The molecule has 1 aliphatic heterocycles. The van der Waals surface area contributed by atoms with E-state index in [1.807, 2.05) is 65.0 Å². The second-order valence-corrected chi connectivity index (χ2v) is 10.5. The summed E-state index contributed by atoms with van der Waals surface area (Å²) in [7, 11) is 0. The third-order valence-electron chi connectivity index (χ3n) is 7.38. The van der Waals surface area contributed by atoms with Gasteiger partial charge in [-0.3, -0.25) is 14.4 Å². The van der Waals surface area contributed by atoms with Gasteiger partial charge in [-0.05, 0) is 18.1 Å². The SMILES string of the molecule is CCC(=O)N1Cc2ccccc2-c2c(nnn2CCOCCOCCOCCNC(=O)CC[C@H](C)C(=O)O)-c2ccccc21. The Bertz CT molecular complexity index is 1410. The largest absolute Gasteiger partial charge is 0.481 e. The average molecular weight is 608 g/mol. The standard InChI is InChI=1S/C32H41N5O7/c1-3-29(39)36-22-24-8-4-5-9-25(24)31-30(26-10-6-7-11-27(26)36)34-35-37(31)15-17-43-19-21-44-20-18-42-16-14-33-28(38)13-12-23(2)32(40)41/h4-11,23H,3,12-22H2,1-2H3,(H,33,38)(H,40,41)/t23-/m0/s1. The monoisotopic (exact) mass is 607 g/mol. The molecule has 0 radical (unpaired) electrons. The van der Waals surface area contributed by atoms with Crippen LogP contribution < -0.4 is 10.2 Å². The zero-order chi connectivity index (χ0) is 31.3. The first kappa shape index (κ1) is 32.8. The quantitative estimate of drug-likeness (QED) is 0.220. The van der Waals surface area contributed by atoms with Crippen molar-refractivity contribution in [2.45, 2.75) is 46.2 Å². The van der Waals surface area contributed by atoms with E-state index in [1.54, 1.807) is 6.92 Å². The molecule has 0 unspecified atom stereocenters. The summed E-state index contributed by atoms with van der Waals surface area (Å²) in [6.07, 6.45) is 0.891. The van der Waals surface area contributed by atoms with E-state index in [0.29, 0.717) is 72.1 Å². The smallest absolute Gasteiger partial charge is 0.306 e. The molecule has 1 aliphatic rings. The number of ether oxygens (including phenoxy) is 3. The van der Waals surface area contributed by atoms with Crippen LogP contribution in [0.25, 0.3) is 22.5 Å². The number of hydrogen-bond acceptors (Lipinski definition) is 8. The summed E-state index contributed by atoms with van der Waals surface area (Å²) in [5.74, 6) is -1.57. The van der Waals surface area contributed by atoms with Gasteiger partial charge in [0.15, 0.2) is 0 Å². The third kappa shape index (κ3) is 8.71. The molecule has 0 saturated heterocycles. The number of hydrogen-bond donors (Lipinski definition) is 2. The van der Waals surface area contributed by atoms with E-state index < -0.39 is 11.9 Å². The van der Waals surface area contributed by atoms with E-state index in [0.717, 1.165) is 33.8 Å². The van der Waals surface area contributed by atoms with Crippen LogP contribution in [-0.2, 0) is 41.7 Å². The molecule has 1 atom stereocenters. The molecule has 2 N–H and O–H groups in total. The molecule has 2 amide bonds. The van der Waals surface area contributed by atoms with E-state index >= 15 is 0 Å². The van der Waals surface area contributed by atoms with Crippen molar-refractivity contribution >= 4 is 23.5 Å². The number of para-hydroxylation sites is 1. The molecular formula is C32H41N5O7. The molecule has 4 rings (SSSR count). The van der Waals surface area contributed by atoms with Crippen molar-refractivity contribution in [2.24, 2.45) is 5.92 Å². The van der Waals surface area contributed by atoms with Gasteiger partial charge in [-0.2, -0.15) is 0 Å². The number of nitrogens with zero attached hydrogens (tertiary/aromatic N) is 4. The van der Waals surface area contributed by atoms with Crippen LogP contribution in [0.2, 0.25) is 0 Å². The second kappa shape index (κ2) is 16.6. The van der Waals surface area contributed by atoms with Crippen molar-refractivity contribution in [3.63, 3.8) is 0 Å². The molecule has 236 valence electrons. The number of carbonyl (C=O) groups excluding carboxylic acids is 2. The van der Waals surface area contributed by atoms with Crippen LogP contribution in [0.1, 0.15) is 38.7 Å². The van der Waals surface area contributed by atoms with Crippen molar-refractivity contribution in [1.82, 2.24) is 20.3 Å². The van der Waals surface area contributed by atoms with Crippen LogP contribution >= 0.6 is 0 Å². The molecule has 0 saturated carbocycles. The van der Waals surface area contributed by atoms with Crippen LogP contribution in [0.15, 0.2) is 48.5 Å². The van der Waals surface area contributed by atoms with Crippen molar-refractivity contribution in [3.05, 3.63) is 54.1 Å². The summed E-state index contributed by atoms with van der Waals surface area (Å²) in [4.78, 5) is 37.3. The highest BCUT2D eigenvalue weighted by molar-refractivity contribution is 6.00. The number of aromatic nitrogens is 3. The zero-order valence-corrected chi connectivity index (χ0v) is 25.4. The lowest BCUT2D eigenvalue weighted by Gasteiger charge is -2.28. The molecular weight excluding hydrogens is 566 g/mol. The topological polar surface area (TPSA) is 145 Å². The van der Waals surface area contributed by atoms with Gasteiger partial charge in [0.2, 0.25) is 11.8 Å². The van der Waals surface area contributed by atoms with Crippen LogP contribution in [0.4, 0.5) is 5.69 Å². The lowest BCUT2D eigenvalue weighted by atomic mass is 9.95. The number of benzene rings is 2. The maximum absolute atomic E-state index is 12.9. The fourth-order valence-electron chi connectivity index (χ4n) is 4.90. The number of aliphatic carboxylic acids is 1. The molecule has 44 heavy (non-hydrogen) atoms. The van der Waals surface area contributed by atoms with Crippen LogP contribution in [0.3, 0.4) is 0 Å². The van der Waals surface area contributed by atoms with Gasteiger partial charge in [0.25, 0.3) is 0 Å². The Balaban J connectivity index is 1.20. The molecule has 3 aromatic rings. The van der Waals surface area contributed by atoms with Gasteiger partial charge in [0.05, 0.1) is 70.0 Å². The number of fused-ring (bicyclic) bond motifs is 5. The first-order chi connectivity index (χ1) is 21.4. The van der Waals surface area contributed by atoms with Gasteiger partial charge >= 0.3 is 5.97 Å². The lowest BCUT2D eigenvalue weighted by Crippen LogP contribution is -2.31. The number of anilines is 1. The normalized spacial score (nSPS) is 12.8. The summed E-state index contributed by atoms with van der Waals surface area (Å²) < 4.78 is 18.7. The highest BCUT2D eigenvalue weighted by Gasteiger charge is 2.28. The van der Waals surface area contributed by atoms with E-state index in [-0.39, 0.29) is 18.2 Å². The number of nitrogens with one attached hydrogen (secondary N) is 1. The lowest BCUT2D eigenvalue weighted by molar-refractivity contribution is -0.141. The predicted octanol–water partition coefficient (Wildman–Crippen LogP) is 3.54. The first-order valence-electron chi connectivity index (χ1n) is 15.0. The van der Waals surface area contributed by atoms with E-state index in [9.17, 15) is 14.4 Å². The van der Waals surface area contributed by atoms with Crippen molar-refractivity contribution < 1.29 is 33.7 Å². The molecule has 12 heteroatoms. The number of rotatable bonds is 17. The third-order valence-corrected chi connectivity index (χ3v) is 7.38. The van der Waals surface area contributed by atoms with E-state index in [4.69, 9.17) is 19.3 Å².